The van der Waals surface area contributed by atoms with E-state index in [1.165, 1.54) is 32.1 Å². The molecular formula is C17H38O2. The summed E-state index contributed by atoms with van der Waals surface area (Å²) in [6.45, 7) is 13.9. The predicted octanol–water partition coefficient (Wildman–Crippen LogP) is 5.31. The van der Waals surface area contributed by atoms with Gasteiger partial charge in [0, 0.05) is 21.3 Å². The summed E-state index contributed by atoms with van der Waals surface area (Å²) in [4.78, 5) is 0. The maximum absolute atomic E-state index is 5.56. The monoisotopic (exact) mass is 274 g/mol. The van der Waals surface area contributed by atoms with Crippen LogP contribution in [0.25, 0.3) is 0 Å². The van der Waals surface area contributed by atoms with Gasteiger partial charge in [0.15, 0.2) is 0 Å². The Morgan fingerprint density at radius 1 is 1.00 bits per heavy atom. The zero-order chi connectivity index (χ0) is 15.5. The minimum Gasteiger partial charge on any atom is -0.388 e. The Labute approximate surface area is 122 Å². The van der Waals surface area contributed by atoms with E-state index < -0.39 is 0 Å². The summed E-state index contributed by atoms with van der Waals surface area (Å²) in [7, 11) is 5.08. The van der Waals surface area contributed by atoms with Crippen molar-refractivity contribution in [3.63, 3.8) is 0 Å². The third-order valence-electron chi connectivity index (χ3n) is 4.23. The van der Waals surface area contributed by atoms with Gasteiger partial charge in [0.2, 0.25) is 0 Å². The summed E-state index contributed by atoms with van der Waals surface area (Å²) in [6, 6.07) is 0. The van der Waals surface area contributed by atoms with Crippen molar-refractivity contribution < 1.29 is 9.47 Å². The molecule has 0 aromatic carbocycles. The summed E-state index contributed by atoms with van der Waals surface area (Å²) in [5.74, 6) is 0. The van der Waals surface area contributed by atoms with Gasteiger partial charge in [-0.3, -0.25) is 0 Å². The number of hydrogen-bond acceptors (Lipinski definition) is 2. The highest BCUT2D eigenvalue weighted by Gasteiger charge is 2.35. The van der Waals surface area contributed by atoms with E-state index in [1.807, 2.05) is 7.11 Å². The van der Waals surface area contributed by atoms with E-state index in [-0.39, 0.29) is 0 Å². The fourth-order valence-electron chi connectivity index (χ4n) is 2.68. The van der Waals surface area contributed by atoms with Gasteiger partial charge in [0.1, 0.15) is 0 Å². The molecule has 0 fully saturated rings. The molecule has 0 aliphatic heterocycles. The van der Waals surface area contributed by atoms with E-state index in [2.05, 4.69) is 46.3 Å². The smallest absolute Gasteiger partial charge is 0.0596 e. The van der Waals surface area contributed by atoms with Crippen molar-refractivity contribution in [1.82, 2.24) is 0 Å². The first-order chi connectivity index (χ1) is 8.72. The Kier molecular flexibility index (Phi) is 11.9. The quantitative estimate of drug-likeness (QED) is 0.597. The van der Waals surface area contributed by atoms with Crippen LogP contribution in [-0.4, -0.2) is 27.4 Å². The van der Waals surface area contributed by atoms with Gasteiger partial charge in [-0.2, -0.15) is 0 Å². The summed E-state index contributed by atoms with van der Waals surface area (Å²) in [5.41, 5.74) is 0.750. The first kappa shape index (κ1) is 21.2. The number of ether oxygens (including phenoxy) is 2. The van der Waals surface area contributed by atoms with Gasteiger partial charge in [-0.25, -0.2) is 0 Å². The Morgan fingerprint density at radius 3 is 1.79 bits per heavy atom. The van der Waals surface area contributed by atoms with Gasteiger partial charge in [0.05, 0.1) is 6.10 Å². The minimum absolute atomic E-state index is 0.311. The molecule has 19 heavy (non-hydrogen) atoms. The summed E-state index contributed by atoms with van der Waals surface area (Å²) in [5, 5.41) is 0. The molecule has 0 radical (unpaired) electrons. The van der Waals surface area contributed by atoms with Crippen LogP contribution in [0.2, 0.25) is 0 Å². The van der Waals surface area contributed by atoms with Crippen LogP contribution in [-0.2, 0) is 9.47 Å². The molecule has 0 rings (SSSR count). The standard InChI is InChI=1S/C15H32O.C2H6O/c1-8-10-11-14(4,5)12-15(6,9-2)13(3)16-7;1-3-2/h13H,8-12H2,1-7H3;1-2H3. The maximum atomic E-state index is 5.56. The highest BCUT2D eigenvalue weighted by atomic mass is 16.5. The third-order valence-corrected chi connectivity index (χ3v) is 4.23. The van der Waals surface area contributed by atoms with Crippen LogP contribution in [0, 0.1) is 10.8 Å². The van der Waals surface area contributed by atoms with Crippen LogP contribution in [0.15, 0.2) is 0 Å². The van der Waals surface area contributed by atoms with E-state index in [4.69, 9.17) is 4.74 Å². The van der Waals surface area contributed by atoms with E-state index in [9.17, 15) is 0 Å². The summed E-state index contributed by atoms with van der Waals surface area (Å²) in [6.07, 6.45) is 6.76. The molecule has 0 heterocycles. The van der Waals surface area contributed by atoms with E-state index in [0.29, 0.717) is 16.9 Å². The first-order valence-electron chi connectivity index (χ1n) is 7.65. The second-order valence-corrected chi connectivity index (χ2v) is 6.74. The molecule has 0 aliphatic carbocycles. The summed E-state index contributed by atoms with van der Waals surface area (Å²) >= 11 is 0. The zero-order valence-corrected chi connectivity index (χ0v) is 14.9. The largest absolute Gasteiger partial charge is 0.388 e. The van der Waals surface area contributed by atoms with Gasteiger partial charge >= 0.3 is 0 Å². The molecule has 2 heteroatoms. The zero-order valence-electron chi connectivity index (χ0n) is 14.9. The van der Waals surface area contributed by atoms with Crippen molar-refractivity contribution in [3.05, 3.63) is 0 Å². The van der Waals surface area contributed by atoms with Crippen molar-refractivity contribution in [2.75, 3.05) is 21.3 Å². The maximum Gasteiger partial charge on any atom is 0.0596 e. The molecule has 0 N–H and O–H groups in total. The molecule has 0 spiro atoms. The average molecular weight is 274 g/mol. The van der Waals surface area contributed by atoms with Crippen molar-refractivity contribution in [2.45, 2.75) is 79.8 Å². The number of methoxy groups -OCH3 is 2. The first-order valence-corrected chi connectivity index (χ1v) is 7.65. The molecule has 0 saturated heterocycles. The van der Waals surface area contributed by atoms with Crippen molar-refractivity contribution in [1.29, 1.82) is 0 Å². The van der Waals surface area contributed by atoms with Crippen LogP contribution in [0.1, 0.15) is 73.6 Å². The Hall–Kier alpha value is -0.0800. The second-order valence-electron chi connectivity index (χ2n) is 6.74. The molecule has 2 atom stereocenters. The number of hydrogen-bond donors (Lipinski definition) is 0. The highest BCUT2D eigenvalue weighted by molar-refractivity contribution is 4.85. The molecule has 0 saturated carbocycles. The lowest BCUT2D eigenvalue weighted by Crippen LogP contribution is -2.35. The van der Waals surface area contributed by atoms with Crippen molar-refractivity contribution in [3.8, 4) is 0 Å². The SMILES string of the molecule is CCCCC(C)(C)CC(C)(CC)C(C)OC.COC. The second kappa shape index (κ2) is 10.7. The molecule has 0 amide bonds. The molecule has 118 valence electrons. The van der Waals surface area contributed by atoms with Crippen LogP contribution in [0.5, 0.6) is 0 Å². The normalized spacial score (nSPS) is 16.3. The molecule has 0 aromatic rings. The van der Waals surface area contributed by atoms with Crippen molar-refractivity contribution in [2.24, 2.45) is 10.8 Å². The van der Waals surface area contributed by atoms with Gasteiger partial charge in [0.25, 0.3) is 0 Å². The number of unbranched alkanes of at least 4 members (excludes halogenated alkanes) is 1. The van der Waals surface area contributed by atoms with Crippen LogP contribution in [0.3, 0.4) is 0 Å². The van der Waals surface area contributed by atoms with E-state index >= 15 is 0 Å². The Bertz CT molecular complexity index is 201. The predicted molar refractivity (Wildman–Crippen MR) is 85.7 cm³/mol. The van der Waals surface area contributed by atoms with E-state index in [0.717, 1.165) is 0 Å². The fraction of sp³-hybridized carbons (Fsp3) is 1.00. The molecule has 0 aliphatic rings. The van der Waals surface area contributed by atoms with Gasteiger partial charge in [-0.05, 0) is 37.0 Å². The van der Waals surface area contributed by atoms with Crippen LogP contribution in [0.4, 0.5) is 0 Å². The highest BCUT2D eigenvalue weighted by Crippen LogP contribution is 2.42. The minimum atomic E-state index is 0.311. The van der Waals surface area contributed by atoms with E-state index in [1.54, 1.807) is 14.2 Å². The van der Waals surface area contributed by atoms with Gasteiger partial charge in [-0.1, -0.05) is 47.5 Å². The lowest BCUT2D eigenvalue weighted by molar-refractivity contribution is -0.0193. The number of rotatable bonds is 8. The van der Waals surface area contributed by atoms with Crippen molar-refractivity contribution >= 4 is 0 Å². The topological polar surface area (TPSA) is 18.5 Å². The molecular weight excluding hydrogens is 236 g/mol. The third kappa shape index (κ3) is 9.45. The fourth-order valence-corrected chi connectivity index (χ4v) is 2.68. The molecule has 2 unspecified atom stereocenters. The Morgan fingerprint density at radius 2 is 1.47 bits per heavy atom. The lowest BCUT2D eigenvalue weighted by atomic mass is 9.68. The molecule has 0 bridgehead atoms. The average Bonchev–Trinajstić information content (AvgIpc) is 2.35. The lowest BCUT2D eigenvalue weighted by Gasteiger charge is -2.40. The Balaban J connectivity index is 0. The molecule has 2 nitrogen and oxygen atoms in total. The van der Waals surface area contributed by atoms with Crippen LogP contribution >= 0.6 is 0 Å². The molecule has 0 aromatic heterocycles. The van der Waals surface area contributed by atoms with Gasteiger partial charge in [-0.15, -0.1) is 0 Å². The summed E-state index contributed by atoms with van der Waals surface area (Å²) < 4.78 is 9.81. The van der Waals surface area contributed by atoms with Gasteiger partial charge < -0.3 is 9.47 Å². The van der Waals surface area contributed by atoms with Crippen LogP contribution < -0.4 is 0 Å².